The van der Waals surface area contributed by atoms with Crippen LogP contribution in [0.3, 0.4) is 0 Å². The Morgan fingerprint density at radius 1 is 1.25 bits per heavy atom. The molecule has 136 valence electrons. The molecule has 0 aliphatic heterocycles. The average molecular weight is 419 g/mol. The smallest absolute Gasteiger partial charge is 0.211 e. The molecule has 24 heavy (non-hydrogen) atoms. The van der Waals surface area contributed by atoms with E-state index in [-0.39, 0.29) is 5.75 Å². The second-order valence-electron chi connectivity index (χ2n) is 5.37. The molecule has 0 atom stereocenters. The predicted molar refractivity (Wildman–Crippen MR) is 104 cm³/mol. The first-order valence-corrected chi connectivity index (χ1v) is 10.5. The monoisotopic (exact) mass is 418 g/mol. The minimum atomic E-state index is -3.12. The molecule has 1 aromatic carbocycles. The molecule has 0 saturated heterocycles. The van der Waals surface area contributed by atoms with Gasteiger partial charge >= 0.3 is 0 Å². The lowest BCUT2D eigenvalue weighted by Gasteiger charge is -2.22. The third-order valence-electron chi connectivity index (χ3n) is 3.33. The Balaban J connectivity index is 2.53. The van der Waals surface area contributed by atoms with E-state index in [0.717, 1.165) is 23.5 Å². The highest BCUT2D eigenvalue weighted by molar-refractivity contribution is 9.10. The number of rotatable bonds is 9. The number of sulfonamides is 1. The van der Waals surface area contributed by atoms with E-state index in [2.05, 4.69) is 48.0 Å². The molecule has 0 heterocycles. The number of guanidine groups is 1. The van der Waals surface area contributed by atoms with Crippen molar-refractivity contribution in [1.82, 2.24) is 14.9 Å². The van der Waals surface area contributed by atoms with Gasteiger partial charge in [-0.05, 0) is 38.0 Å². The number of aliphatic imine (C=N–C) groups is 1. The highest BCUT2D eigenvalue weighted by Crippen LogP contribution is 2.11. The van der Waals surface area contributed by atoms with Gasteiger partial charge in [0.05, 0.1) is 5.75 Å². The van der Waals surface area contributed by atoms with Crippen LogP contribution in [0.2, 0.25) is 0 Å². The lowest BCUT2D eigenvalue weighted by molar-refractivity contribution is 0.476. The highest BCUT2D eigenvalue weighted by Gasteiger charge is 2.07. The standard InChI is InChI=1S/C16H27BrN4O2S/c1-4-18-16(19-11-6-12-20-24(22,23)5-2)21(3)13-14-7-9-15(17)10-8-14/h7-10,20H,4-6,11-13H2,1-3H3,(H,18,19). The summed E-state index contributed by atoms with van der Waals surface area (Å²) in [6.07, 6.45) is 0.667. The van der Waals surface area contributed by atoms with E-state index in [1.807, 2.05) is 26.1 Å². The van der Waals surface area contributed by atoms with Crippen LogP contribution in [0.25, 0.3) is 0 Å². The zero-order chi connectivity index (χ0) is 18.0. The Hall–Kier alpha value is -1.12. The van der Waals surface area contributed by atoms with Gasteiger partial charge in [-0.15, -0.1) is 0 Å². The zero-order valence-electron chi connectivity index (χ0n) is 14.5. The Kier molecular flexibility index (Phi) is 9.31. The first-order chi connectivity index (χ1) is 11.4. The number of hydrogen-bond donors (Lipinski definition) is 2. The summed E-state index contributed by atoms with van der Waals surface area (Å²) in [5, 5.41) is 3.26. The molecule has 1 aromatic rings. The lowest BCUT2D eigenvalue weighted by Crippen LogP contribution is -2.38. The van der Waals surface area contributed by atoms with E-state index in [9.17, 15) is 8.42 Å². The Morgan fingerprint density at radius 2 is 1.92 bits per heavy atom. The molecule has 0 fully saturated rings. The predicted octanol–water partition coefficient (Wildman–Crippen LogP) is 2.18. The van der Waals surface area contributed by atoms with Crippen molar-refractivity contribution in [3.05, 3.63) is 34.3 Å². The van der Waals surface area contributed by atoms with Gasteiger partial charge in [-0.3, -0.25) is 4.99 Å². The van der Waals surface area contributed by atoms with Crippen LogP contribution in [0.4, 0.5) is 0 Å². The van der Waals surface area contributed by atoms with Crippen molar-refractivity contribution in [2.24, 2.45) is 4.99 Å². The average Bonchev–Trinajstić information content (AvgIpc) is 2.55. The summed E-state index contributed by atoms with van der Waals surface area (Å²) in [4.78, 5) is 6.62. The van der Waals surface area contributed by atoms with E-state index in [0.29, 0.717) is 19.5 Å². The Morgan fingerprint density at radius 3 is 2.50 bits per heavy atom. The molecule has 1 rings (SSSR count). The molecular formula is C16H27BrN4O2S. The maximum Gasteiger partial charge on any atom is 0.211 e. The largest absolute Gasteiger partial charge is 0.357 e. The summed E-state index contributed by atoms with van der Waals surface area (Å²) in [5.74, 6) is 0.924. The van der Waals surface area contributed by atoms with Crippen LogP contribution in [0.15, 0.2) is 33.7 Å². The summed E-state index contributed by atoms with van der Waals surface area (Å²) in [7, 11) is -1.13. The number of benzene rings is 1. The van der Waals surface area contributed by atoms with Crippen LogP contribution in [0.1, 0.15) is 25.8 Å². The van der Waals surface area contributed by atoms with Gasteiger partial charge in [0.2, 0.25) is 10.0 Å². The van der Waals surface area contributed by atoms with Crippen LogP contribution in [0.5, 0.6) is 0 Å². The third kappa shape index (κ3) is 8.12. The van der Waals surface area contributed by atoms with Crippen molar-refractivity contribution < 1.29 is 8.42 Å². The molecule has 0 saturated carbocycles. The van der Waals surface area contributed by atoms with Crippen molar-refractivity contribution in [3.63, 3.8) is 0 Å². The maximum absolute atomic E-state index is 11.4. The first kappa shape index (κ1) is 20.9. The topological polar surface area (TPSA) is 73.8 Å². The molecule has 6 nitrogen and oxygen atoms in total. The molecule has 0 bridgehead atoms. The minimum absolute atomic E-state index is 0.106. The SMILES string of the molecule is CCNC(=NCCCNS(=O)(=O)CC)N(C)Cc1ccc(Br)cc1. The van der Waals surface area contributed by atoms with Crippen LogP contribution < -0.4 is 10.0 Å². The quantitative estimate of drug-likeness (QED) is 0.366. The first-order valence-electron chi connectivity index (χ1n) is 8.09. The molecule has 2 N–H and O–H groups in total. The molecular weight excluding hydrogens is 392 g/mol. The molecule has 8 heteroatoms. The number of halogens is 1. The van der Waals surface area contributed by atoms with Gasteiger partial charge in [-0.25, -0.2) is 13.1 Å². The van der Waals surface area contributed by atoms with Crippen molar-refractivity contribution >= 4 is 31.9 Å². The minimum Gasteiger partial charge on any atom is -0.357 e. The Labute approximate surface area is 153 Å². The van der Waals surface area contributed by atoms with E-state index >= 15 is 0 Å². The fourth-order valence-corrected chi connectivity index (χ4v) is 2.93. The van der Waals surface area contributed by atoms with Crippen molar-refractivity contribution in [2.45, 2.75) is 26.8 Å². The van der Waals surface area contributed by atoms with Gasteiger partial charge in [0.15, 0.2) is 5.96 Å². The van der Waals surface area contributed by atoms with E-state index in [1.165, 1.54) is 5.56 Å². The third-order valence-corrected chi connectivity index (χ3v) is 5.26. The van der Waals surface area contributed by atoms with Gasteiger partial charge < -0.3 is 10.2 Å². The lowest BCUT2D eigenvalue weighted by atomic mass is 10.2. The van der Waals surface area contributed by atoms with E-state index in [4.69, 9.17) is 0 Å². The number of nitrogens with one attached hydrogen (secondary N) is 2. The summed E-state index contributed by atoms with van der Waals surface area (Å²) >= 11 is 3.44. The van der Waals surface area contributed by atoms with Crippen LogP contribution in [-0.2, 0) is 16.6 Å². The normalized spacial score (nSPS) is 12.2. The van der Waals surface area contributed by atoms with Gasteiger partial charge in [0.1, 0.15) is 0 Å². The van der Waals surface area contributed by atoms with Crippen molar-refractivity contribution in [2.75, 3.05) is 32.4 Å². The molecule has 0 amide bonds. The van der Waals surface area contributed by atoms with Gasteiger partial charge in [-0.2, -0.15) is 0 Å². The number of hydrogen-bond acceptors (Lipinski definition) is 3. The van der Waals surface area contributed by atoms with Crippen molar-refractivity contribution in [1.29, 1.82) is 0 Å². The fourth-order valence-electron chi connectivity index (χ4n) is 2.00. The molecule has 0 aliphatic rings. The second-order valence-corrected chi connectivity index (χ2v) is 8.38. The van der Waals surface area contributed by atoms with Crippen molar-refractivity contribution in [3.8, 4) is 0 Å². The maximum atomic E-state index is 11.4. The molecule has 0 radical (unpaired) electrons. The van der Waals surface area contributed by atoms with Gasteiger partial charge in [-0.1, -0.05) is 28.1 Å². The zero-order valence-corrected chi connectivity index (χ0v) is 17.0. The summed E-state index contributed by atoms with van der Waals surface area (Å²) in [6.45, 7) is 6.17. The van der Waals surface area contributed by atoms with Crippen LogP contribution >= 0.6 is 15.9 Å². The van der Waals surface area contributed by atoms with E-state index in [1.54, 1.807) is 6.92 Å². The molecule has 0 aliphatic carbocycles. The van der Waals surface area contributed by atoms with Gasteiger partial charge in [0.25, 0.3) is 0 Å². The number of nitrogens with zero attached hydrogens (tertiary/aromatic N) is 2. The van der Waals surface area contributed by atoms with Crippen LogP contribution in [-0.4, -0.2) is 51.7 Å². The van der Waals surface area contributed by atoms with E-state index < -0.39 is 10.0 Å². The Bertz CT molecular complexity index is 617. The summed E-state index contributed by atoms with van der Waals surface area (Å²) in [5.41, 5.74) is 1.20. The summed E-state index contributed by atoms with van der Waals surface area (Å²) in [6, 6.07) is 8.19. The van der Waals surface area contributed by atoms with Crippen LogP contribution in [0, 0.1) is 0 Å². The molecule has 0 aromatic heterocycles. The molecule has 0 spiro atoms. The second kappa shape index (κ2) is 10.7. The molecule has 0 unspecified atom stereocenters. The fraction of sp³-hybridized carbons (Fsp3) is 0.562. The van der Waals surface area contributed by atoms with Gasteiger partial charge in [0, 0.05) is 37.7 Å². The summed E-state index contributed by atoms with van der Waals surface area (Å²) < 4.78 is 26.3. The highest BCUT2D eigenvalue weighted by atomic mass is 79.9.